The van der Waals surface area contributed by atoms with E-state index in [1.807, 2.05) is 5.32 Å². The summed E-state index contributed by atoms with van der Waals surface area (Å²) in [5.41, 5.74) is -5.82. The number of aromatic nitrogens is 4. The molecule has 0 aliphatic carbocycles. The number of carbonyl (C=O) groups is 1. The number of amides is 1. The molecular formula is C17H18F6N6O4. The van der Waals surface area contributed by atoms with E-state index >= 15 is 0 Å². The number of aromatic amines is 1. The van der Waals surface area contributed by atoms with E-state index in [9.17, 15) is 41.4 Å². The number of piperidine rings is 1. The van der Waals surface area contributed by atoms with Crippen LogP contribution in [0, 0.1) is 0 Å². The first-order valence-corrected chi connectivity index (χ1v) is 9.35. The van der Waals surface area contributed by atoms with Crippen LogP contribution in [0.4, 0.5) is 38.0 Å². The van der Waals surface area contributed by atoms with Crippen molar-refractivity contribution in [2.24, 2.45) is 0 Å². The molecule has 10 nitrogen and oxygen atoms in total. The van der Waals surface area contributed by atoms with E-state index in [1.165, 1.54) is 0 Å². The summed E-state index contributed by atoms with van der Waals surface area (Å²) in [5.74, 6) is -2.35. The number of halogens is 6. The maximum Gasteiger partial charge on any atom is 0.434 e. The molecular weight excluding hydrogens is 466 g/mol. The highest BCUT2D eigenvalue weighted by Crippen LogP contribution is 2.50. The molecule has 4 heterocycles. The maximum absolute atomic E-state index is 13.7. The minimum Gasteiger partial charge on any atom is -0.412 e. The Morgan fingerprint density at radius 1 is 1.09 bits per heavy atom. The predicted octanol–water partition coefficient (Wildman–Crippen LogP) is 0.841. The van der Waals surface area contributed by atoms with Gasteiger partial charge in [-0.15, -0.1) is 0 Å². The van der Waals surface area contributed by atoms with Crippen LogP contribution in [0.5, 0.6) is 0 Å². The van der Waals surface area contributed by atoms with Crippen molar-refractivity contribution in [3.8, 4) is 0 Å². The van der Waals surface area contributed by atoms with Crippen molar-refractivity contribution < 1.29 is 46.8 Å². The molecule has 2 aliphatic rings. The van der Waals surface area contributed by atoms with Crippen LogP contribution < -0.4 is 10.2 Å². The largest absolute Gasteiger partial charge is 0.434 e. The van der Waals surface area contributed by atoms with Crippen LogP contribution >= 0.6 is 0 Å². The SMILES string of the molecule is O.O=C1Nc2n[nH]c(C3CCN(c4cnc(C(F)(F)F)cn4)CC3)c2C(O)(C(F)(F)F)C1O. The first-order chi connectivity index (χ1) is 14.8. The topological polar surface area (TPSA) is 159 Å². The van der Waals surface area contributed by atoms with Crippen molar-refractivity contribution in [3.63, 3.8) is 0 Å². The van der Waals surface area contributed by atoms with Crippen molar-refractivity contribution >= 4 is 17.5 Å². The Labute approximate surface area is 180 Å². The van der Waals surface area contributed by atoms with Crippen LogP contribution in [-0.4, -0.2) is 67.1 Å². The second kappa shape index (κ2) is 8.11. The van der Waals surface area contributed by atoms with Crippen molar-refractivity contribution in [2.45, 2.75) is 42.8 Å². The number of aliphatic hydroxyl groups excluding tert-OH is 1. The number of rotatable bonds is 2. The van der Waals surface area contributed by atoms with Crippen LogP contribution in [-0.2, 0) is 16.6 Å². The summed E-state index contributed by atoms with van der Waals surface area (Å²) in [7, 11) is 0. The second-order valence-corrected chi connectivity index (χ2v) is 7.54. The number of fused-ring (bicyclic) bond motifs is 1. The number of nitrogens with zero attached hydrogens (tertiary/aromatic N) is 4. The standard InChI is InChI=1S/C17H16F6N6O3.H2O/c18-16(19,20)8-5-25-9(6-24-8)29-3-1-7(2-4-29)11-10-13(28-27-11)26-14(31)12(30)15(10,32)17(21,22)23;/h5-7,12,30,32H,1-4H2,(H2,26,27,28,31);1H2. The van der Waals surface area contributed by atoms with Gasteiger partial charge in [-0.3, -0.25) is 9.89 Å². The number of hydrogen-bond acceptors (Lipinski definition) is 7. The van der Waals surface area contributed by atoms with Gasteiger partial charge in [0.1, 0.15) is 5.82 Å². The summed E-state index contributed by atoms with van der Waals surface area (Å²) in [5, 5.41) is 28.4. The number of H-pyrrole nitrogens is 1. The Balaban J connectivity index is 0.00000306. The molecule has 0 aromatic carbocycles. The lowest BCUT2D eigenvalue weighted by atomic mass is 9.79. The van der Waals surface area contributed by atoms with Gasteiger partial charge >= 0.3 is 12.4 Å². The number of carbonyl (C=O) groups excluding carboxylic acids is 1. The van der Waals surface area contributed by atoms with E-state index in [4.69, 9.17) is 0 Å². The lowest BCUT2D eigenvalue weighted by molar-refractivity contribution is -0.293. The molecule has 33 heavy (non-hydrogen) atoms. The normalized spacial score (nSPS) is 24.2. The van der Waals surface area contributed by atoms with Gasteiger partial charge in [-0.25, -0.2) is 9.97 Å². The van der Waals surface area contributed by atoms with E-state index in [0.717, 1.165) is 6.20 Å². The average molecular weight is 484 g/mol. The lowest BCUT2D eigenvalue weighted by Gasteiger charge is -2.39. The Kier molecular flexibility index (Phi) is 6.06. The first kappa shape index (κ1) is 24.7. The van der Waals surface area contributed by atoms with Crippen molar-refractivity contribution in [3.05, 3.63) is 29.3 Å². The van der Waals surface area contributed by atoms with Gasteiger partial charge in [0.15, 0.2) is 17.6 Å². The van der Waals surface area contributed by atoms with Crippen molar-refractivity contribution in [2.75, 3.05) is 23.3 Å². The second-order valence-electron chi connectivity index (χ2n) is 7.54. The van der Waals surface area contributed by atoms with Gasteiger partial charge in [-0.2, -0.15) is 31.4 Å². The molecule has 0 bridgehead atoms. The summed E-state index contributed by atoms with van der Waals surface area (Å²) in [6, 6.07) is 0. The minimum absolute atomic E-state index is 0. The monoisotopic (exact) mass is 484 g/mol. The van der Waals surface area contributed by atoms with Crippen LogP contribution in [0.2, 0.25) is 0 Å². The van der Waals surface area contributed by atoms with E-state index in [0.29, 0.717) is 6.20 Å². The van der Waals surface area contributed by atoms with Gasteiger partial charge in [0, 0.05) is 24.7 Å². The lowest BCUT2D eigenvalue weighted by Crippen LogP contribution is -2.59. The molecule has 0 radical (unpaired) electrons. The number of hydrogen-bond donors (Lipinski definition) is 4. The molecule has 2 atom stereocenters. The Bertz CT molecular complexity index is 1020. The van der Waals surface area contributed by atoms with Gasteiger partial charge < -0.3 is 25.9 Å². The summed E-state index contributed by atoms with van der Waals surface area (Å²) in [6.45, 7) is 0.440. The third-order valence-corrected chi connectivity index (χ3v) is 5.65. The number of anilines is 2. The summed E-state index contributed by atoms with van der Waals surface area (Å²) in [6.07, 6.45) is -10.8. The van der Waals surface area contributed by atoms with Gasteiger partial charge in [-0.1, -0.05) is 0 Å². The molecule has 0 saturated carbocycles. The Morgan fingerprint density at radius 3 is 2.24 bits per heavy atom. The van der Waals surface area contributed by atoms with Crippen molar-refractivity contribution in [1.82, 2.24) is 20.2 Å². The quantitative estimate of drug-likeness (QED) is 0.460. The zero-order valence-electron chi connectivity index (χ0n) is 16.5. The van der Waals surface area contributed by atoms with E-state index < -0.39 is 53.0 Å². The highest BCUT2D eigenvalue weighted by molar-refractivity contribution is 5.98. The number of nitrogens with one attached hydrogen (secondary N) is 2. The molecule has 2 aromatic heterocycles. The molecule has 1 fully saturated rings. The summed E-state index contributed by atoms with van der Waals surface area (Å²) in [4.78, 5) is 20.4. The molecule has 6 N–H and O–H groups in total. The predicted molar refractivity (Wildman–Crippen MR) is 98.0 cm³/mol. The van der Waals surface area contributed by atoms with Crippen LogP contribution in [0.3, 0.4) is 0 Å². The molecule has 2 unspecified atom stereocenters. The van der Waals surface area contributed by atoms with Gasteiger partial charge in [0.2, 0.25) is 5.60 Å². The molecule has 2 aromatic rings. The molecule has 1 saturated heterocycles. The molecule has 1 amide bonds. The first-order valence-electron chi connectivity index (χ1n) is 9.35. The fourth-order valence-corrected chi connectivity index (χ4v) is 3.96. The molecule has 2 aliphatic heterocycles. The third kappa shape index (κ3) is 3.97. The maximum atomic E-state index is 13.7. The third-order valence-electron chi connectivity index (χ3n) is 5.65. The van der Waals surface area contributed by atoms with Crippen molar-refractivity contribution in [1.29, 1.82) is 0 Å². The summed E-state index contributed by atoms with van der Waals surface area (Å²) >= 11 is 0. The fourth-order valence-electron chi connectivity index (χ4n) is 3.96. The smallest absolute Gasteiger partial charge is 0.412 e. The minimum atomic E-state index is -5.37. The molecule has 16 heteroatoms. The number of aliphatic hydroxyl groups is 2. The highest BCUT2D eigenvalue weighted by Gasteiger charge is 2.66. The van der Waals surface area contributed by atoms with Gasteiger partial charge in [0.25, 0.3) is 5.91 Å². The van der Waals surface area contributed by atoms with E-state index in [-0.39, 0.29) is 42.9 Å². The van der Waals surface area contributed by atoms with Gasteiger partial charge in [0.05, 0.1) is 18.0 Å². The number of alkyl halides is 6. The van der Waals surface area contributed by atoms with E-state index in [2.05, 4.69) is 20.2 Å². The zero-order chi connectivity index (χ0) is 23.5. The molecule has 0 spiro atoms. The van der Waals surface area contributed by atoms with Crippen LogP contribution in [0.25, 0.3) is 0 Å². The average Bonchev–Trinajstić information content (AvgIpc) is 3.15. The van der Waals surface area contributed by atoms with Gasteiger partial charge in [-0.05, 0) is 12.8 Å². The summed E-state index contributed by atoms with van der Waals surface area (Å²) < 4.78 is 79.1. The van der Waals surface area contributed by atoms with E-state index in [1.54, 1.807) is 4.90 Å². The Hall–Kier alpha value is -2.98. The molecule has 4 rings (SSSR count). The highest BCUT2D eigenvalue weighted by atomic mass is 19.4. The Morgan fingerprint density at radius 2 is 1.73 bits per heavy atom. The zero-order valence-corrected chi connectivity index (χ0v) is 16.5. The fraction of sp³-hybridized carbons (Fsp3) is 0.529. The van der Waals surface area contributed by atoms with Crippen LogP contribution in [0.1, 0.15) is 35.7 Å². The molecule has 182 valence electrons. The van der Waals surface area contributed by atoms with Crippen LogP contribution in [0.15, 0.2) is 12.4 Å².